The van der Waals surface area contributed by atoms with E-state index in [0.29, 0.717) is 0 Å². The number of hydrogen-bond donors (Lipinski definition) is 0. The number of rotatable bonds is 2. The van der Waals surface area contributed by atoms with Crippen molar-refractivity contribution in [2.45, 2.75) is 25.9 Å². The van der Waals surface area contributed by atoms with Gasteiger partial charge in [-0.2, -0.15) is 13.2 Å². The zero-order valence-electron chi connectivity index (χ0n) is 9.88. The summed E-state index contributed by atoms with van der Waals surface area (Å²) >= 11 is 0. The Hall–Kier alpha value is -1.39. The molecule has 1 aromatic carbocycles. The van der Waals surface area contributed by atoms with Crippen molar-refractivity contribution >= 4 is 5.78 Å². The van der Waals surface area contributed by atoms with Crippen LogP contribution in [0.15, 0.2) is 24.3 Å². The first-order valence-electron chi connectivity index (χ1n) is 5.53. The lowest BCUT2D eigenvalue weighted by Gasteiger charge is -2.05. The van der Waals surface area contributed by atoms with E-state index in [1.54, 1.807) is 19.9 Å². The van der Waals surface area contributed by atoms with Gasteiger partial charge in [0.2, 0.25) is 5.78 Å². The van der Waals surface area contributed by atoms with Gasteiger partial charge in [-0.15, -0.1) is 0 Å². The number of alkyl halides is 3. The van der Waals surface area contributed by atoms with Crippen LogP contribution in [-0.2, 0) is 4.79 Å². The zero-order valence-corrected chi connectivity index (χ0v) is 9.88. The Bertz CT molecular complexity index is 490. The van der Waals surface area contributed by atoms with E-state index in [0.717, 1.165) is 0 Å². The molecule has 2 unspecified atom stereocenters. The Labute approximate surface area is 102 Å². The van der Waals surface area contributed by atoms with Crippen molar-refractivity contribution in [3.63, 3.8) is 0 Å². The van der Waals surface area contributed by atoms with Crippen LogP contribution in [-0.4, -0.2) is 12.0 Å². The van der Waals surface area contributed by atoms with Crippen molar-refractivity contribution in [3.05, 3.63) is 35.6 Å². The molecule has 0 spiro atoms. The molecular formula is C13H12F4O. The Morgan fingerprint density at radius 1 is 1.22 bits per heavy atom. The van der Waals surface area contributed by atoms with Gasteiger partial charge in [0.25, 0.3) is 0 Å². The Balaban J connectivity index is 2.33. The first-order chi connectivity index (χ1) is 8.17. The predicted molar refractivity (Wildman–Crippen MR) is 57.5 cm³/mol. The molecular weight excluding hydrogens is 248 g/mol. The summed E-state index contributed by atoms with van der Waals surface area (Å²) in [5.74, 6) is -4.21. The number of carbonyl (C=O) groups is 1. The minimum atomic E-state index is -4.86. The molecule has 0 N–H and O–H groups in total. The highest BCUT2D eigenvalue weighted by atomic mass is 19.4. The summed E-state index contributed by atoms with van der Waals surface area (Å²) in [4.78, 5) is 11.3. The van der Waals surface area contributed by atoms with Crippen LogP contribution in [0.1, 0.15) is 25.3 Å². The van der Waals surface area contributed by atoms with Crippen LogP contribution < -0.4 is 0 Å². The molecule has 18 heavy (non-hydrogen) atoms. The van der Waals surface area contributed by atoms with Crippen LogP contribution in [0.25, 0.3) is 0 Å². The first-order valence-corrected chi connectivity index (χ1v) is 5.53. The highest BCUT2D eigenvalue weighted by Crippen LogP contribution is 2.66. The van der Waals surface area contributed by atoms with Gasteiger partial charge >= 0.3 is 6.18 Å². The molecule has 1 saturated carbocycles. The maximum atomic E-state index is 13.6. The number of benzene rings is 1. The standard InChI is InChI=1S/C13H12F4O/c1-12(2)9(7-5-3-4-6-8(7)14)10(12)11(18)13(15,16)17/h3-6,9-10H,1-2H3. The second-order valence-electron chi connectivity index (χ2n) is 5.16. The smallest absolute Gasteiger partial charge is 0.289 e. The Morgan fingerprint density at radius 3 is 2.28 bits per heavy atom. The molecule has 1 aliphatic rings. The summed E-state index contributed by atoms with van der Waals surface area (Å²) in [5, 5.41) is 0. The van der Waals surface area contributed by atoms with Crippen LogP contribution in [0, 0.1) is 17.2 Å². The largest absolute Gasteiger partial charge is 0.450 e. The topological polar surface area (TPSA) is 17.1 Å². The van der Waals surface area contributed by atoms with Gasteiger partial charge in [0.1, 0.15) is 5.82 Å². The fraction of sp³-hybridized carbons (Fsp3) is 0.462. The molecule has 0 heterocycles. The molecule has 2 atom stereocenters. The summed E-state index contributed by atoms with van der Waals surface area (Å²) in [6.07, 6.45) is -4.86. The third-order valence-corrected chi connectivity index (χ3v) is 3.63. The third kappa shape index (κ3) is 1.91. The van der Waals surface area contributed by atoms with Gasteiger partial charge in [0.05, 0.1) is 0 Å². The molecule has 5 heteroatoms. The number of hydrogen-bond acceptors (Lipinski definition) is 1. The molecule has 0 saturated heterocycles. The maximum absolute atomic E-state index is 13.6. The van der Waals surface area contributed by atoms with Crippen LogP contribution in [0.5, 0.6) is 0 Å². The summed E-state index contributed by atoms with van der Waals surface area (Å²) < 4.78 is 50.9. The molecule has 0 radical (unpaired) electrons. The number of ketones is 1. The molecule has 0 aromatic heterocycles. The Kier molecular flexibility index (Phi) is 2.76. The average Bonchev–Trinajstić information content (AvgIpc) is 2.79. The lowest BCUT2D eigenvalue weighted by molar-refractivity contribution is -0.173. The molecule has 0 bridgehead atoms. The average molecular weight is 260 g/mol. The number of Topliss-reactive ketones (excluding diaryl/α,β-unsaturated/α-hetero) is 1. The fourth-order valence-corrected chi connectivity index (χ4v) is 2.61. The van der Waals surface area contributed by atoms with E-state index >= 15 is 0 Å². The van der Waals surface area contributed by atoms with Gasteiger partial charge in [-0.1, -0.05) is 32.0 Å². The van der Waals surface area contributed by atoms with E-state index in [1.165, 1.54) is 18.2 Å². The minimum absolute atomic E-state index is 0.185. The van der Waals surface area contributed by atoms with Gasteiger partial charge in [-0.05, 0) is 17.0 Å². The van der Waals surface area contributed by atoms with Gasteiger partial charge in [-0.3, -0.25) is 4.79 Å². The Morgan fingerprint density at radius 2 is 1.78 bits per heavy atom. The first kappa shape index (κ1) is 13.1. The molecule has 1 aromatic rings. The summed E-state index contributed by atoms with van der Waals surface area (Å²) in [7, 11) is 0. The third-order valence-electron chi connectivity index (χ3n) is 3.63. The SMILES string of the molecule is CC1(C)C(C(=O)C(F)(F)F)C1c1ccccc1F. The van der Waals surface area contributed by atoms with Gasteiger partial charge in [0.15, 0.2) is 0 Å². The van der Waals surface area contributed by atoms with E-state index in [1.807, 2.05) is 0 Å². The van der Waals surface area contributed by atoms with E-state index < -0.39 is 35.0 Å². The maximum Gasteiger partial charge on any atom is 0.450 e. The highest BCUT2D eigenvalue weighted by molar-refractivity contribution is 5.91. The van der Waals surface area contributed by atoms with Crippen molar-refractivity contribution in [2.75, 3.05) is 0 Å². The van der Waals surface area contributed by atoms with Crippen LogP contribution >= 0.6 is 0 Å². The summed E-state index contributed by atoms with van der Waals surface area (Å²) in [5.41, 5.74) is -0.667. The van der Waals surface area contributed by atoms with Gasteiger partial charge < -0.3 is 0 Å². The van der Waals surface area contributed by atoms with Crippen molar-refractivity contribution in [2.24, 2.45) is 11.3 Å². The molecule has 1 nitrogen and oxygen atoms in total. The molecule has 1 aliphatic carbocycles. The van der Waals surface area contributed by atoms with Crippen molar-refractivity contribution < 1.29 is 22.4 Å². The molecule has 0 aliphatic heterocycles. The lowest BCUT2D eigenvalue weighted by Crippen LogP contribution is -2.26. The molecule has 0 amide bonds. The van der Waals surface area contributed by atoms with E-state index in [4.69, 9.17) is 0 Å². The second-order valence-corrected chi connectivity index (χ2v) is 5.16. The quantitative estimate of drug-likeness (QED) is 0.741. The monoisotopic (exact) mass is 260 g/mol. The van der Waals surface area contributed by atoms with E-state index in [9.17, 15) is 22.4 Å². The highest BCUT2D eigenvalue weighted by Gasteiger charge is 2.67. The summed E-state index contributed by atoms with van der Waals surface area (Å²) in [6, 6.07) is 5.65. The fourth-order valence-electron chi connectivity index (χ4n) is 2.61. The van der Waals surface area contributed by atoms with Crippen molar-refractivity contribution in [1.82, 2.24) is 0 Å². The van der Waals surface area contributed by atoms with E-state index in [2.05, 4.69) is 0 Å². The van der Waals surface area contributed by atoms with Gasteiger partial charge in [0, 0.05) is 11.8 Å². The van der Waals surface area contributed by atoms with Crippen LogP contribution in [0.2, 0.25) is 0 Å². The van der Waals surface area contributed by atoms with Crippen LogP contribution in [0.4, 0.5) is 17.6 Å². The molecule has 2 rings (SSSR count). The number of halogens is 4. The number of carbonyl (C=O) groups excluding carboxylic acids is 1. The van der Waals surface area contributed by atoms with Crippen molar-refractivity contribution in [3.8, 4) is 0 Å². The van der Waals surface area contributed by atoms with Gasteiger partial charge in [-0.25, -0.2) is 4.39 Å². The lowest BCUT2D eigenvalue weighted by atomic mass is 10.0. The van der Waals surface area contributed by atoms with Crippen molar-refractivity contribution in [1.29, 1.82) is 0 Å². The minimum Gasteiger partial charge on any atom is -0.289 e. The second kappa shape index (κ2) is 3.80. The van der Waals surface area contributed by atoms with E-state index in [-0.39, 0.29) is 5.56 Å². The normalized spacial score (nSPS) is 25.9. The summed E-state index contributed by atoms with van der Waals surface area (Å²) in [6.45, 7) is 3.11. The molecule has 1 fully saturated rings. The van der Waals surface area contributed by atoms with Crippen LogP contribution in [0.3, 0.4) is 0 Å². The zero-order chi connectivity index (χ0) is 13.7. The predicted octanol–water partition coefficient (Wildman–Crippen LogP) is 3.70. The molecule has 98 valence electrons.